The molecular formula is C29H39F3N8O. The standard InChI is InChI=1S/C29H39F3N8O/c1-28(2,3)26-35-24(29(30,31)32)20-25(36-26)39-13-11-37(12-14-39)10-5-4-9-34-27(41)40-17-15-38(16-18-40)23-8-6-7-22(19-23)21-33/h6-8,19-20H,4-5,9-18H2,1-3H3,(H,34,41). The third kappa shape index (κ3) is 8.22. The summed E-state index contributed by atoms with van der Waals surface area (Å²) < 4.78 is 40.4. The van der Waals surface area contributed by atoms with Gasteiger partial charge in [-0.25, -0.2) is 14.8 Å². The zero-order chi connectivity index (χ0) is 29.6. The van der Waals surface area contributed by atoms with Gasteiger partial charge in [-0.1, -0.05) is 26.8 Å². The first-order valence-corrected chi connectivity index (χ1v) is 14.2. The van der Waals surface area contributed by atoms with Gasteiger partial charge in [0.15, 0.2) is 0 Å². The third-order valence-corrected chi connectivity index (χ3v) is 7.45. The molecular weight excluding hydrogens is 533 g/mol. The van der Waals surface area contributed by atoms with Crippen LogP contribution in [0.4, 0.5) is 29.5 Å². The van der Waals surface area contributed by atoms with E-state index in [0.29, 0.717) is 44.1 Å². The number of benzene rings is 1. The highest BCUT2D eigenvalue weighted by atomic mass is 19.4. The zero-order valence-electron chi connectivity index (χ0n) is 24.0. The SMILES string of the molecule is CC(C)(C)c1nc(N2CCN(CCCCNC(=O)N3CCN(c4cccc(C#N)c4)CC3)CC2)cc(C(F)(F)F)n1. The van der Waals surface area contributed by atoms with Gasteiger partial charge in [-0.15, -0.1) is 0 Å². The van der Waals surface area contributed by atoms with E-state index in [9.17, 15) is 18.0 Å². The summed E-state index contributed by atoms with van der Waals surface area (Å²) in [6.45, 7) is 12.3. The molecule has 1 aromatic heterocycles. The molecule has 0 aliphatic carbocycles. The number of hydrogen-bond donors (Lipinski definition) is 1. The molecule has 9 nitrogen and oxygen atoms in total. The van der Waals surface area contributed by atoms with Crippen molar-refractivity contribution >= 4 is 17.5 Å². The highest BCUT2D eigenvalue weighted by Crippen LogP contribution is 2.32. The first kappa shape index (κ1) is 30.4. The van der Waals surface area contributed by atoms with Gasteiger partial charge in [-0.05, 0) is 37.6 Å². The number of amides is 2. The van der Waals surface area contributed by atoms with Crippen molar-refractivity contribution in [2.75, 3.05) is 75.2 Å². The molecule has 12 heteroatoms. The maximum Gasteiger partial charge on any atom is 0.433 e. The van der Waals surface area contributed by atoms with Crippen LogP contribution in [0, 0.1) is 11.3 Å². The second-order valence-corrected chi connectivity index (χ2v) is 11.6. The molecule has 2 aliphatic rings. The van der Waals surface area contributed by atoms with Crippen molar-refractivity contribution in [1.29, 1.82) is 5.26 Å². The summed E-state index contributed by atoms with van der Waals surface area (Å²) in [7, 11) is 0. The quantitative estimate of drug-likeness (QED) is 0.500. The number of halogens is 3. The number of aromatic nitrogens is 2. The molecule has 41 heavy (non-hydrogen) atoms. The summed E-state index contributed by atoms with van der Waals surface area (Å²) >= 11 is 0. The van der Waals surface area contributed by atoms with Gasteiger partial charge in [-0.2, -0.15) is 18.4 Å². The van der Waals surface area contributed by atoms with Gasteiger partial charge in [-0.3, -0.25) is 4.90 Å². The van der Waals surface area contributed by atoms with Crippen molar-refractivity contribution in [2.24, 2.45) is 0 Å². The van der Waals surface area contributed by atoms with Gasteiger partial charge in [0, 0.05) is 76.1 Å². The summed E-state index contributed by atoms with van der Waals surface area (Å²) in [5, 5.41) is 12.1. The molecule has 2 aromatic rings. The molecule has 0 saturated carbocycles. The number of nitrogens with one attached hydrogen (secondary N) is 1. The van der Waals surface area contributed by atoms with Gasteiger partial charge in [0.2, 0.25) is 0 Å². The molecule has 0 atom stereocenters. The molecule has 2 aliphatic heterocycles. The van der Waals surface area contributed by atoms with Crippen molar-refractivity contribution in [3.05, 3.63) is 47.4 Å². The Morgan fingerprint density at radius 1 is 0.951 bits per heavy atom. The highest BCUT2D eigenvalue weighted by Gasteiger charge is 2.36. The summed E-state index contributed by atoms with van der Waals surface area (Å²) in [6, 6.07) is 10.7. The molecule has 2 saturated heterocycles. The van der Waals surface area contributed by atoms with Crippen molar-refractivity contribution in [1.82, 2.24) is 25.1 Å². The molecule has 1 N–H and O–H groups in total. The molecule has 4 rings (SSSR count). The van der Waals surface area contributed by atoms with Crippen LogP contribution in [0.2, 0.25) is 0 Å². The van der Waals surface area contributed by atoms with Gasteiger partial charge < -0.3 is 20.0 Å². The van der Waals surface area contributed by atoms with E-state index in [0.717, 1.165) is 57.3 Å². The number of carbonyl (C=O) groups is 1. The van der Waals surface area contributed by atoms with Crippen LogP contribution in [-0.2, 0) is 11.6 Å². The van der Waals surface area contributed by atoms with Crippen LogP contribution in [0.1, 0.15) is 50.7 Å². The Morgan fingerprint density at radius 2 is 1.63 bits per heavy atom. The van der Waals surface area contributed by atoms with Crippen LogP contribution in [0.15, 0.2) is 30.3 Å². The van der Waals surface area contributed by atoms with Crippen molar-refractivity contribution < 1.29 is 18.0 Å². The number of anilines is 2. The monoisotopic (exact) mass is 572 g/mol. The maximum absolute atomic E-state index is 13.5. The Labute approximate surface area is 239 Å². The Hall–Kier alpha value is -3.59. The van der Waals surface area contributed by atoms with Crippen LogP contribution in [-0.4, -0.2) is 91.2 Å². The lowest BCUT2D eigenvalue weighted by atomic mass is 9.95. The van der Waals surface area contributed by atoms with Crippen molar-refractivity contribution in [2.45, 2.75) is 45.2 Å². The van der Waals surface area contributed by atoms with E-state index in [1.807, 2.05) is 48.8 Å². The predicted molar refractivity (Wildman–Crippen MR) is 152 cm³/mol. The molecule has 0 spiro atoms. The van der Waals surface area contributed by atoms with Gasteiger partial charge in [0.25, 0.3) is 0 Å². The Morgan fingerprint density at radius 3 is 2.27 bits per heavy atom. The smallest absolute Gasteiger partial charge is 0.368 e. The molecule has 222 valence electrons. The van der Waals surface area contributed by atoms with E-state index in [1.54, 1.807) is 6.07 Å². The number of alkyl halides is 3. The van der Waals surface area contributed by atoms with Gasteiger partial charge >= 0.3 is 12.2 Å². The normalized spacial score (nSPS) is 17.0. The lowest BCUT2D eigenvalue weighted by molar-refractivity contribution is -0.141. The van der Waals surface area contributed by atoms with E-state index in [-0.39, 0.29) is 11.9 Å². The lowest BCUT2D eigenvalue weighted by Gasteiger charge is -2.36. The fourth-order valence-corrected chi connectivity index (χ4v) is 4.99. The molecule has 2 fully saturated rings. The topological polar surface area (TPSA) is 91.6 Å². The Balaban J connectivity index is 1.15. The first-order valence-electron chi connectivity index (χ1n) is 14.2. The summed E-state index contributed by atoms with van der Waals surface area (Å²) in [4.78, 5) is 29.1. The average Bonchev–Trinajstić information content (AvgIpc) is 2.96. The van der Waals surface area contributed by atoms with Crippen molar-refractivity contribution in [3.8, 4) is 6.07 Å². The fourth-order valence-electron chi connectivity index (χ4n) is 4.99. The zero-order valence-corrected chi connectivity index (χ0v) is 24.0. The number of piperazine rings is 2. The van der Waals surface area contributed by atoms with E-state index >= 15 is 0 Å². The molecule has 2 amide bonds. The van der Waals surface area contributed by atoms with Crippen LogP contribution in [0.25, 0.3) is 0 Å². The van der Waals surface area contributed by atoms with E-state index in [1.165, 1.54) is 0 Å². The van der Waals surface area contributed by atoms with E-state index < -0.39 is 17.3 Å². The number of unbranched alkanes of at least 4 members (excludes halogenated alkanes) is 1. The minimum Gasteiger partial charge on any atom is -0.368 e. The Bertz CT molecular complexity index is 1190. The van der Waals surface area contributed by atoms with Crippen LogP contribution < -0.4 is 15.1 Å². The second-order valence-electron chi connectivity index (χ2n) is 11.6. The Kier molecular flexibility index (Phi) is 9.58. The van der Waals surface area contributed by atoms with Crippen LogP contribution in [0.5, 0.6) is 0 Å². The third-order valence-electron chi connectivity index (χ3n) is 7.45. The van der Waals surface area contributed by atoms with Crippen LogP contribution in [0.3, 0.4) is 0 Å². The molecule has 0 radical (unpaired) electrons. The number of nitrogens with zero attached hydrogens (tertiary/aromatic N) is 7. The van der Waals surface area contributed by atoms with Crippen LogP contribution >= 0.6 is 0 Å². The largest absolute Gasteiger partial charge is 0.433 e. The number of hydrogen-bond acceptors (Lipinski definition) is 7. The minimum atomic E-state index is -4.52. The van der Waals surface area contributed by atoms with E-state index in [4.69, 9.17) is 5.26 Å². The summed E-state index contributed by atoms with van der Waals surface area (Å²) in [5.41, 5.74) is 0.142. The average molecular weight is 573 g/mol. The van der Waals surface area contributed by atoms with Crippen molar-refractivity contribution in [3.63, 3.8) is 0 Å². The lowest BCUT2D eigenvalue weighted by Crippen LogP contribution is -2.52. The molecule has 0 bridgehead atoms. The molecule has 3 heterocycles. The summed E-state index contributed by atoms with van der Waals surface area (Å²) in [6.07, 6.45) is -2.75. The molecule has 1 aromatic carbocycles. The fraction of sp³-hybridized carbons (Fsp3) is 0.586. The van der Waals surface area contributed by atoms with Gasteiger partial charge in [0.05, 0.1) is 11.6 Å². The predicted octanol–water partition coefficient (Wildman–Crippen LogP) is 4.10. The molecule has 0 unspecified atom stereocenters. The number of rotatable bonds is 7. The summed E-state index contributed by atoms with van der Waals surface area (Å²) in [5.74, 6) is 0.523. The second kappa shape index (κ2) is 12.9. The number of nitriles is 1. The van der Waals surface area contributed by atoms with Gasteiger partial charge in [0.1, 0.15) is 17.3 Å². The number of carbonyl (C=O) groups excluding carboxylic acids is 1. The number of urea groups is 1. The highest BCUT2D eigenvalue weighted by molar-refractivity contribution is 5.74. The maximum atomic E-state index is 13.5. The first-order chi connectivity index (χ1) is 19.4. The minimum absolute atomic E-state index is 0.0539. The van der Waals surface area contributed by atoms with E-state index in [2.05, 4.69) is 31.2 Å².